The van der Waals surface area contributed by atoms with Crippen LogP contribution in [-0.2, 0) is 11.8 Å². The van der Waals surface area contributed by atoms with Crippen LogP contribution >= 0.6 is 0 Å². The number of carbonyl (C=O) groups excluding carboxylic acids is 2. The zero-order valence-corrected chi connectivity index (χ0v) is 14.2. The Labute approximate surface area is 141 Å². The average Bonchev–Trinajstić information content (AvgIpc) is 2.98. The summed E-state index contributed by atoms with van der Waals surface area (Å²) < 4.78 is 1.83. The number of hydrogen-bond donors (Lipinski definition) is 2. The first-order valence-electron chi connectivity index (χ1n) is 7.93. The van der Waals surface area contributed by atoms with Crippen LogP contribution in [0.25, 0.3) is 0 Å². The Balaban J connectivity index is 1.70. The summed E-state index contributed by atoms with van der Waals surface area (Å²) in [5, 5.41) is 13.5. The van der Waals surface area contributed by atoms with Crippen LogP contribution in [0.15, 0.2) is 30.6 Å². The summed E-state index contributed by atoms with van der Waals surface area (Å²) in [5.74, 6) is 0.624. The molecule has 1 aromatic heterocycles. The highest BCUT2D eigenvalue weighted by molar-refractivity contribution is 5.94. The molecule has 24 heavy (non-hydrogen) atoms. The van der Waals surface area contributed by atoms with E-state index in [2.05, 4.69) is 20.8 Å². The van der Waals surface area contributed by atoms with Crippen LogP contribution in [0.3, 0.4) is 0 Å². The highest BCUT2D eigenvalue weighted by atomic mass is 16.2. The molecule has 128 valence electrons. The molecule has 2 aromatic rings. The lowest BCUT2D eigenvalue weighted by atomic mass is 10.1. The van der Waals surface area contributed by atoms with Crippen molar-refractivity contribution in [1.82, 2.24) is 25.4 Å². The maximum atomic E-state index is 12.0. The van der Waals surface area contributed by atoms with E-state index in [0.717, 1.165) is 11.4 Å². The Hall–Kier alpha value is -2.70. The minimum atomic E-state index is -0.168. The first-order chi connectivity index (χ1) is 11.5. The van der Waals surface area contributed by atoms with Gasteiger partial charge in [0.05, 0.1) is 0 Å². The van der Waals surface area contributed by atoms with Crippen molar-refractivity contribution in [3.63, 3.8) is 0 Å². The first-order valence-corrected chi connectivity index (χ1v) is 7.93. The van der Waals surface area contributed by atoms with Crippen molar-refractivity contribution in [3.8, 4) is 0 Å². The number of aromatic nitrogens is 3. The van der Waals surface area contributed by atoms with Gasteiger partial charge in [-0.2, -0.15) is 0 Å². The number of rotatable bonds is 7. The van der Waals surface area contributed by atoms with E-state index in [1.54, 1.807) is 12.4 Å². The Morgan fingerprint density at radius 1 is 1.29 bits per heavy atom. The van der Waals surface area contributed by atoms with Gasteiger partial charge in [-0.25, -0.2) is 0 Å². The van der Waals surface area contributed by atoms with Crippen molar-refractivity contribution in [2.24, 2.45) is 7.05 Å². The van der Waals surface area contributed by atoms with Crippen LogP contribution in [0.1, 0.15) is 41.0 Å². The predicted molar refractivity (Wildman–Crippen MR) is 90.6 cm³/mol. The van der Waals surface area contributed by atoms with E-state index in [9.17, 15) is 9.59 Å². The maximum Gasteiger partial charge on any atom is 0.251 e. The number of benzene rings is 1. The van der Waals surface area contributed by atoms with Crippen molar-refractivity contribution in [3.05, 3.63) is 47.5 Å². The number of hydrogen-bond acceptors (Lipinski definition) is 4. The minimum Gasteiger partial charge on any atom is -0.355 e. The van der Waals surface area contributed by atoms with Crippen molar-refractivity contribution in [2.45, 2.75) is 26.2 Å². The third-order valence-electron chi connectivity index (χ3n) is 3.71. The normalized spacial score (nSPS) is 11.8. The molecule has 0 saturated heterocycles. The van der Waals surface area contributed by atoms with E-state index in [1.165, 1.54) is 0 Å². The second-order valence-electron chi connectivity index (χ2n) is 5.88. The largest absolute Gasteiger partial charge is 0.355 e. The summed E-state index contributed by atoms with van der Waals surface area (Å²) >= 11 is 0. The highest BCUT2D eigenvalue weighted by Crippen LogP contribution is 2.09. The summed E-state index contributed by atoms with van der Waals surface area (Å²) in [5.41, 5.74) is 1.63. The molecule has 2 N–H and O–H groups in total. The van der Waals surface area contributed by atoms with Crippen LogP contribution in [0.2, 0.25) is 0 Å². The van der Waals surface area contributed by atoms with Gasteiger partial charge in [-0.15, -0.1) is 10.2 Å². The molecule has 0 bridgehead atoms. The van der Waals surface area contributed by atoms with E-state index in [-0.39, 0.29) is 24.2 Å². The molecule has 7 heteroatoms. The zero-order valence-electron chi connectivity index (χ0n) is 14.2. The van der Waals surface area contributed by atoms with Crippen LogP contribution < -0.4 is 10.6 Å². The van der Waals surface area contributed by atoms with Gasteiger partial charge in [0, 0.05) is 38.0 Å². The zero-order chi connectivity index (χ0) is 17.5. The molecule has 0 radical (unpaired) electrons. The molecular weight excluding hydrogens is 306 g/mol. The molecule has 1 heterocycles. The second-order valence-corrected chi connectivity index (χ2v) is 5.88. The van der Waals surface area contributed by atoms with E-state index in [0.29, 0.717) is 18.7 Å². The Morgan fingerprint density at radius 3 is 2.75 bits per heavy atom. The molecule has 1 unspecified atom stereocenters. The standard InChI is InChI=1S/C17H23N5O2/c1-12-5-4-6-14(9-12)17(24)18-8-7-15(23)19-10-13(2)16-21-20-11-22(16)3/h4-6,9,11,13H,7-8,10H2,1-3H3,(H,18,24)(H,19,23). The molecule has 1 aromatic carbocycles. The third-order valence-corrected chi connectivity index (χ3v) is 3.71. The Kier molecular flexibility index (Phi) is 6.06. The van der Waals surface area contributed by atoms with E-state index < -0.39 is 0 Å². The van der Waals surface area contributed by atoms with Crippen molar-refractivity contribution in [1.29, 1.82) is 0 Å². The Morgan fingerprint density at radius 2 is 2.08 bits per heavy atom. The number of nitrogens with zero attached hydrogens (tertiary/aromatic N) is 3. The summed E-state index contributed by atoms with van der Waals surface area (Å²) in [7, 11) is 1.87. The van der Waals surface area contributed by atoms with E-state index >= 15 is 0 Å². The van der Waals surface area contributed by atoms with Crippen LogP contribution in [0.4, 0.5) is 0 Å². The lowest BCUT2D eigenvalue weighted by Gasteiger charge is -2.12. The van der Waals surface area contributed by atoms with Crippen molar-refractivity contribution < 1.29 is 9.59 Å². The van der Waals surface area contributed by atoms with Gasteiger partial charge in [0.25, 0.3) is 5.91 Å². The van der Waals surface area contributed by atoms with Gasteiger partial charge in [0.2, 0.25) is 5.91 Å². The molecule has 0 saturated carbocycles. The smallest absolute Gasteiger partial charge is 0.251 e. The van der Waals surface area contributed by atoms with Gasteiger partial charge in [-0.1, -0.05) is 24.6 Å². The first kappa shape index (κ1) is 17.7. The molecule has 0 fully saturated rings. The molecule has 0 spiro atoms. The second kappa shape index (κ2) is 8.24. The Bertz CT molecular complexity index is 711. The highest BCUT2D eigenvalue weighted by Gasteiger charge is 2.13. The van der Waals surface area contributed by atoms with Crippen LogP contribution in [0.5, 0.6) is 0 Å². The summed E-state index contributed by atoms with van der Waals surface area (Å²) in [6.07, 6.45) is 1.87. The molecular formula is C17H23N5O2. The molecule has 2 amide bonds. The quantitative estimate of drug-likeness (QED) is 0.798. The minimum absolute atomic E-state index is 0.0725. The predicted octanol–water partition coefficient (Wildman–Crippen LogP) is 1.16. The average molecular weight is 329 g/mol. The van der Waals surface area contributed by atoms with E-state index in [4.69, 9.17) is 0 Å². The van der Waals surface area contributed by atoms with Gasteiger partial charge in [-0.3, -0.25) is 9.59 Å². The van der Waals surface area contributed by atoms with Crippen molar-refractivity contribution >= 4 is 11.8 Å². The summed E-state index contributed by atoms with van der Waals surface area (Å²) in [6, 6.07) is 7.34. The summed E-state index contributed by atoms with van der Waals surface area (Å²) in [4.78, 5) is 23.8. The summed E-state index contributed by atoms with van der Waals surface area (Å²) in [6.45, 7) is 4.69. The number of amides is 2. The fourth-order valence-electron chi connectivity index (χ4n) is 2.36. The monoisotopic (exact) mass is 329 g/mol. The SMILES string of the molecule is Cc1cccc(C(=O)NCCC(=O)NCC(C)c2nncn2C)c1. The van der Waals surface area contributed by atoms with Crippen molar-refractivity contribution in [2.75, 3.05) is 13.1 Å². The number of aryl methyl sites for hydroxylation is 2. The topological polar surface area (TPSA) is 88.9 Å². The molecule has 0 aliphatic rings. The number of nitrogens with one attached hydrogen (secondary N) is 2. The maximum absolute atomic E-state index is 12.0. The van der Waals surface area contributed by atoms with Crippen LogP contribution in [0, 0.1) is 6.92 Å². The van der Waals surface area contributed by atoms with Gasteiger partial charge >= 0.3 is 0 Å². The van der Waals surface area contributed by atoms with Gasteiger partial charge < -0.3 is 15.2 Å². The van der Waals surface area contributed by atoms with Gasteiger partial charge in [-0.05, 0) is 19.1 Å². The van der Waals surface area contributed by atoms with Gasteiger partial charge in [0.1, 0.15) is 12.2 Å². The lowest BCUT2D eigenvalue weighted by Crippen LogP contribution is -2.32. The molecule has 7 nitrogen and oxygen atoms in total. The number of carbonyl (C=O) groups is 2. The molecule has 0 aliphatic heterocycles. The fourth-order valence-corrected chi connectivity index (χ4v) is 2.36. The van der Waals surface area contributed by atoms with Gasteiger partial charge in [0.15, 0.2) is 0 Å². The molecule has 0 aliphatic carbocycles. The van der Waals surface area contributed by atoms with Crippen LogP contribution in [-0.4, -0.2) is 39.7 Å². The third kappa shape index (κ3) is 4.91. The van der Waals surface area contributed by atoms with E-state index in [1.807, 2.05) is 43.7 Å². The fraction of sp³-hybridized carbons (Fsp3) is 0.412. The molecule has 1 atom stereocenters. The molecule has 2 rings (SSSR count). The lowest BCUT2D eigenvalue weighted by molar-refractivity contribution is -0.121.